The van der Waals surface area contributed by atoms with Crippen LogP contribution in [-0.2, 0) is 21.7 Å². The van der Waals surface area contributed by atoms with Gasteiger partial charge in [-0.05, 0) is 29.7 Å². The van der Waals surface area contributed by atoms with E-state index in [0.29, 0.717) is 24.9 Å². The van der Waals surface area contributed by atoms with Gasteiger partial charge in [0, 0.05) is 6.54 Å². The molecule has 1 unspecified atom stereocenters. The number of nitrogens with zero attached hydrogens (tertiary/aromatic N) is 1. The number of halogens is 1. The monoisotopic (exact) mass is 397 g/mol. The maximum atomic E-state index is 13.4. The molecular formula is C22H24FN3O3. The Morgan fingerprint density at radius 3 is 2.45 bits per heavy atom. The normalized spacial score (nSPS) is 18.6. The van der Waals surface area contributed by atoms with Gasteiger partial charge in [-0.2, -0.15) is 0 Å². The van der Waals surface area contributed by atoms with Gasteiger partial charge in [-0.15, -0.1) is 0 Å². The molecule has 2 aromatic rings. The molecule has 0 radical (unpaired) electrons. The minimum Gasteiger partial charge on any atom is -0.350 e. The van der Waals surface area contributed by atoms with Crippen molar-refractivity contribution in [2.75, 3.05) is 6.54 Å². The summed E-state index contributed by atoms with van der Waals surface area (Å²) in [5.74, 6) is -1.34. The molecule has 1 saturated heterocycles. The van der Waals surface area contributed by atoms with E-state index in [9.17, 15) is 18.8 Å². The van der Waals surface area contributed by atoms with Gasteiger partial charge in [0.2, 0.25) is 5.91 Å². The molecule has 7 heteroatoms. The van der Waals surface area contributed by atoms with Gasteiger partial charge in [-0.3, -0.25) is 14.5 Å². The van der Waals surface area contributed by atoms with Crippen molar-refractivity contribution in [1.82, 2.24) is 15.5 Å². The first kappa shape index (κ1) is 20.5. The van der Waals surface area contributed by atoms with Crippen molar-refractivity contribution in [3.05, 3.63) is 71.5 Å². The lowest BCUT2D eigenvalue weighted by Crippen LogP contribution is -2.45. The highest BCUT2D eigenvalue weighted by Crippen LogP contribution is 2.34. The van der Waals surface area contributed by atoms with Crippen LogP contribution in [0.15, 0.2) is 54.6 Å². The Bertz CT molecular complexity index is 886. The van der Waals surface area contributed by atoms with Crippen molar-refractivity contribution in [1.29, 1.82) is 0 Å². The number of imide groups is 1. The predicted molar refractivity (Wildman–Crippen MR) is 106 cm³/mol. The molecule has 4 amide bonds. The number of urea groups is 1. The lowest BCUT2D eigenvalue weighted by atomic mass is 9.85. The molecule has 0 bridgehead atoms. The van der Waals surface area contributed by atoms with Crippen LogP contribution in [0.3, 0.4) is 0 Å². The molecule has 2 N–H and O–H groups in total. The number of benzene rings is 2. The number of nitrogens with one attached hydrogen (secondary N) is 2. The Balaban J connectivity index is 1.75. The molecule has 1 fully saturated rings. The van der Waals surface area contributed by atoms with Crippen LogP contribution in [0.1, 0.15) is 37.3 Å². The van der Waals surface area contributed by atoms with Crippen LogP contribution in [-0.4, -0.2) is 29.3 Å². The molecule has 0 saturated carbocycles. The second kappa shape index (κ2) is 8.86. The number of hydrogen-bond donors (Lipinski definition) is 2. The molecule has 2 aromatic carbocycles. The van der Waals surface area contributed by atoms with Crippen molar-refractivity contribution in [2.24, 2.45) is 0 Å². The third-order valence-electron chi connectivity index (χ3n) is 5.05. The molecule has 0 aliphatic carbocycles. The quantitative estimate of drug-likeness (QED) is 0.672. The van der Waals surface area contributed by atoms with Gasteiger partial charge in [0.15, 0.2) is 0 Å². The maximum absolute atomic E-state index is 13.4. The van der Waals surface area contributed by atoms with Crippen LogP contribution >= 0.6 is 0 Å². The van der Waals surface area contributed by atoms with Crippen LogP contribution in [0.25, 0.3) is 0 Å². The van der Waals surface area contributed by atoms with Gasteiger partial charge < -0.3 is 10.6 Å². The van der Waals surface area contributed by atoms with E-state index in [1.165, 1.54) is 24.3 Å². The summed E-state index contributed by atoms with van der Waals surface area (Å²) >= 11 is 0. The summed E-state index contributed by atoms with van der Waals surface area (Å²) in [6.45, 7) is 1.92. The third-order valence-corrected chi connectivity index (χ3v) is 5.05. The van der Waals surface area contributed by atoms with Gasteiger partial charge in [0.25, 0.3) is 5.91 Å². The number of amides is 4. The predicted octanol–water partition coefficient (Wildman–Crippen LogP) is 3.08. The fourth-order valence-corrected chi connectivity index (χ4v) is 3.45. The fraction of sp³-hybridized carbons (Fsp3) is 0.318. The van der Waals surface area contributed by atoms with Crippen LogP contribution < -0.4 is 10.6 Å². The van der Waals surface area contributed by atoms with Crippen molar-refractivity contribution in [2.45, 2.75) is 38.3 Å². The van der Waals surface area contributed by atoms with Gasteiger partial charge in [-0.25, -0.2) is 9.18 Å². The lowest BCUT2D eigenvalue weighted by molar-refractivity contribution is -0.135. The Morgan fingerprint density at radius 1 is 1.10 bits per heavy atom. The SMILES string of the molecule is CCCCC1(c2ccc(F)cc2)NC(=O)N(CC(=O)NCc2ccccc2)C1=O. The Labute approximate surface area is 169 Å². The zero-order chi connectivity index (χ0) is 20.9. The molecule has 1 atom stereocenters. The fourth-order valence-electron chi connectivity index (χ4n) is 3.45. The standard InChI is InChI=1S/C22H24FN3O3/c1-2-3-13-22(17-9-11-18(23)12-10-17)20(28)26(21(29)25-22)15-19(27)24-14-16-7-5-4-6-8-16/h4-12H,2-3,13-15H2,1H3,(H,24,27)(H,25,29). The van der Waals surface area contributed by atoms with E-state index in [1.807, 2.05) is 37.3 Å². The second-order valence-corrected chi connectivity index (χ2v) is 7.10. The molecule has 1 heterocycles. The smallest absolute Gasteiger partial charge is 0.325 e. The topological polar surface area (TPSA) is 78.5 Å². The van der Waals surface area contributed by atoms with E-state index in [1.54, 1.807) is 0 Å². The van der Waals surface area contributed by atoms with Gasteiger partial charge in [0.1, 0.15) is 17.9 Å². The summed E-state index contributed by atoms with van der Waals surface area (Å²) in [4.78, 5) is 39.0. The average Bonchev–Trinajstić information content (AvgIpc) is 2.97. The summed E-state index contributed by atoms with van der Waals surface area (Å²) < 4.78 is 13.4. The van der Waals surface area contributed by atoms with Crippen LogP contribution in [0.5, 0.6) is 0 Å². The molecule has 0 spiro atoms. The first-order chi connectivity index (χ1) is 14.0. The van der Waals surface area contributed by atoms with Crippen molar-refractivity contribution >= 4 is 17.8 Å². The molecule has 152 valence electrons. The van der Waals surface area contributed by atoms with E-state index in [2.05, 4.69) is 10.6 Å². The van der Waals surface area contributed by atoms with Crippen molar-refractivity contribution in [3.63, 3.8) is 0 Å². The number of hydrogen-bond acceptors (Lipinski definition) is 3. The summed E-state index contributed by atoms with van der Waals surface area (Å²) in [7, 11) is 0. The van der Waals surface area contributed by atoms with E-state index >= 15 is 0 Å². The van der Waals surface area contributed by atoms with E-state index in [4.69, 9.17) is 0 Å². The molecular weight excluding hydrogens is 373 g/mol. The highest BCUT2D eigenvalue weighted by molar-refractivity contribution is 6.09. The zero-order valence-electron chi connectivity index (χ0n) is 16.3. The summed E-state index contributed by atoms with van der Waals surface area (Å²) in [5.41, 5.74) is 0.153. The molecule has 29 heavy (non-hydrogen) atoms. The van der Waals surface area contributed by atoms with Crippen LogP contribution in [0.4, 0.5) is 9.18 Å². The Hall–Kier alpha value is -3.22. The Kier molecular flexibility index (Phi) is 6.26. The van der Waals surface area contributed by atoms with Gasteiger partial charge in [0.05, 0.1) is 0 Å². The largest absolute Gasteiger partial charge is 0.350 e. The van der Waals surface area contributed by atoms with Crippen LogP contribution in [0, 0.1) is 5.82 Å². The number of carbonyl (C=O) groups excluding carboxylic acids is 3. The highest BCUT2D eigenvalue weighted by Gasteiger charge is 2.52. The number of rotatable bonds is 8. The lowest BCUT2D eigenvalue weighted by Gasteiger charge is -2.27. The van der Waals surface area contributed by atoms with Crippen LogP contribution in [0.2, 0.25) is 0 Å². The molecule has 1 aliphatic heterocycles. The Morgan fingerprint density at radius 2 is 1.79 bits per heavy atom. The zero-order valence-corrected chi connectivity index (χ0v) is 16.3. The van der Waals surface area contributed by atoms with Gasteiger partial charge >= 0.3 is 6.03 Å². The minimum atomic E-state index is -1.28. The highest BCUT2D eigenvalue weighted by atomic mass is 19.1. The first-order valence-corrected chi connectivity index (χ1v) is 9.67. The van der Waals surface area contributed by atoms with E-state index in [-0.39, 0.29) is 6.54 Å². The molecule has 3 rings (SSSR count). The van der Waals surface area contributed by atoms with E-state index < -0.39 is 29.2 Å². The maximum Gasteiger partial charge on any atom is 0.325 e. The minimum absolute atomic E-state index is 0.308. The summed E-state index contributed by atoms with van der Waals surface area (Å²) in [6.07, 6.45) is 1.89. The third kappa shape index (κ3) is 4.45. The molecule has 6 nitrogen and oxygen atoms in total. The summed E-state index contributed by atoms with van der Waals surface area (Å²) in [6, 6.07) is 14.3. The summed E-state index contributed by atoms with van der Waals surface area (Å²) in [5, 5.41) is 5.47. The molecule has 0 aromatic heterocycles. The van der Waals surface area contributed by atoms with Crippen molar-refractivity contribution < 1.29 is 18.8 Å². The van der Waals surface area contributed by atoms with Gasteiger partial charge in [-0.1, -0.05) is 62.2 Å². The number of unbranched alkanes of at least 4 members (excludes halogenated alkanes) is 1. The van der Waals surface area contributed by atoms with E-state index in [0.717, 1.165) is 16.9 Å². The average molecular weight is 397 g/mol. The second-order valence-electron chi connectivity index (χ2n) is 7.10. The van der Waals surface area contributed by atoms with Crippen molar-refractivity contribution in [3.8, 4) is 0 Å². The molecule has 1 aliphatic rings. The number of carbonyl (C=O) groups is 3. The first-order valence-electron chi connectivity index (χ1n) is 9.67.